The number of hydrogen-bond acceptors (Lipinski definition) is 4. The number of nitrogens with zero attached hydrogens (tertiary/aromatic N) is 1. The fourth-order valence-corrected chi connectivity index (χ4v) is 3.76. The van der Waals surface area contributed by atoms with Crippen LogP contribution in [-0.4, -0.2) is 49.1 Å². The molecule has 1 saturated heterocycles. The first-order valence-electron chi connectivity index (χ1n) is 9.86. The zero-order chi connectivity index (χ0) is 21.3. The number of ether oxygens (including phenoxy) is 3. The lowest BCUT2D eigenvalue weighted by atomic mass is 9.91. The van der Waals surface area contributed by atoms with Crippen LogP contribution in [0.4, 0.5) is 18.0 Å². The molecule has 5 nitrogen and oxygen atoms in total. The number of halogens is 3. The number of piperidine rings is 1. The molecule has 1 aliphatic carbocycles. The van der Waals surface area contributed by atoms with Crippen LogP contribution in [0.5, 0.6) is 11.5 Å². The third-order valence-electron chi connectivity index (χ3n) is 5.43. The lowest BCUT2D eigenvalue weighted by Gasteiger charge is -2.34. The molecule has 162 valence electrons. The van der Waals surface area contributed by atoms with Gasteiger partial charge in [0.15, 0.2) is 6.61 Å². The van der Waals surface area contributed by atoms with Gasteiger partial charge in [-0.25, -0.2) is 4.79 Å². The number of carbonyl (C=O) groups is 1. The Kier molecular flexibility index (Phi) is 5.92. The molecule has 1 aliphatic heterocycles. The van der Waals surface area contributed by atoms with Gasteiger partial charge in [0.25, 0.3) is 0 Å². The van der Waals surface area contributed by atoms with Crippen molar-refractivity contribution in [1.82, 2.24) is 4.90 Å². The highest BCUT2D eigenvalue weighted by atomic mass is 19.4. The summed E-state index contributed by atoms with van der Waals surface area (Å²) in [6.07, 6.45) is -1.77. The van der Waals surface area contributed by atoms with Gasteiger partial charge in [0.1, 0.15) is 17.1 Å². The molecule has 1 saturated carbocycles. The second-order valence-corrected chi connectivity index (χ2v) is 8.92. The smallest absolute Gasteiger partial charge is 0.422 e. The first kappa shape index (κ1) is 21.6. The van der Waals surface area contributed by atoms with Crippen LogP contribution in [0, 0.1) is 11.3 Å². The minimum Gasteiger partial charge on any atom is -0.493 e. The first-order valence-corrected chi connectivity index (χ1v) is 9.86. The third-order valence-corrected chi connectivity index (χ3v) is 5.43. The predicted molar refractivity (Wildman–Crippen MR) is 101 cm³/mol. The number of hydrogen-bond donors (Lipinski definition) is 0. The van der Waals surface area contributed by atoms with Crippen LogP contribution in [-0.2, 0) is 4.74 Å². The molecule has 1 atom stereocenters. The van der Waals surface area contributed by atoms with Crippen molar-refractivity contribution in [2.24, 2.45) is 11.3 Å². The molecule has 1 unspecified atom stereocenters. The van der Waals surface area contributed by atoms with Crippen molar-refractivity contribution < 1.29 is 32.2 Å². The maximum absolute atomic E-state index is 12.3. The largest absolute Gasteiger partial charge is 0.493 e. The molecule has 2 fully saturated rings. The fourth-order valence-electron chi connectivity index (χ4n) is 3.76. The van der Waals surface area contributed by atoms with Gasteiger partial charge in [-0.15, -0.1) is 0 Å². The lowest BCUT2D eigenvalue weighted by Crippen LogP contribution is -2.42. The minimum absolute atomic E-state index is 0.135. The summed E-state index contributed by atoms with van der Waals surface area (Å²) in [5.41, 5.74) is -0.302. The van der Waals surface area contributed by atoms with Crippen molar-refractivity contribution in [2.75, 3.05) is 26.3 Å². The van der Waals surface area contributed by atoms with E-state index in [1.807, 2.05) is 20.8 Å². The van der Waals surface area contributed by atoms with Crippen molar-refractivity contribution >= 4 is 6.09 Å². The van der Waals surface area contributed by atoms with E-state index in [0.717, 1.165) is 19.3 Å². The Morgan fingerprint density at radius 1 is 1.14 bits per heavy atom. The standard InChI is InChI=1S/C21H28F3NO4/c1-19(2,3)29-18(26)25-9-7-20(8-10-25)12-15(20)13-27-16-5-4-6-17(11-16)28-14-21(22,23)24/h4-6,11,15H,7-10,12-14H2,1-3H3. The quantitative estimate of drug-likeness (QED) is 0.676. The van der Waals surface area contributed by atoms with Crippen molar-refractivity contribution in [1.29, 1.82) is 0 Å². The monoisotopic (exact) mass is 415 g/mol. The molecule has 0 radical (unpaired) electrons. The minimum atomic E-state index is -4.37. The van der Waals surface area contributed by atoms with Crippen LogP contribution in [0.3, 0.4) is 0 Å². The van der Waals surface area contributed by atoms with Gasteiger partial charge in [-0.1, -0.05) is 6.07 Å². The molecular formula is C21H28F3NO4. The molecule has 0 N–H and O–H groups in total. The summed E-state index contributed by atoms with van der Waals surface area (Å²) in [6.45, 7) is 6.10. The first-order chi connectivity index (χ1) is 13.5. The summed E-state index contributed by atoms with van der Waals surface area (Å²) in [4.78, 5) is 13.9. The van der Waals surface area contributed by atoms with Gasteiger partial charge in [0.05, 0.1) is 6.61 Å². The highest BCUT2D eigenvalue weighted by Gasteiger charge is 2.55. The van der Waals surface area contributed by atoms with E-state index >= 15 is 0 Å². The van der Waals surface area contributed by atoms with Crippen molar-refractivity contribution in [3.8, 4) is 11.5 Å². The number of amides is 1. The molecule has 3 rings (SSSR count). The van der Waals surface area contributed by atoms with E-state index in [1.165, 1.54) is 12.1 Å². The van der Waals surface area contributed by atoms with Crippen LogP contribution in [0.25, 0.3) is 0 Å². The SMILES string of the molecule is CC(C)(C)OC(=O)N1CCC2(CC1)CC2COc1cccc(OCC(F)(F)F)c1. The van der Waals surface area contributed by atoms with E-state index in [-0.39, 0.29) is 17.3 Å². The molecule has 1 heterocycles. The number of carbonyl (C=O) groups excluding carboxylic acids is 1. The highest BCUT2D eigenvalue weighted by Crippen LogP contribution is 2.59. The second-order valence-electron chi connectivity index (χ2n) is 8.92. The molecular weight excluding hydrogens is 387 g/mol. The summed E-state index contributed by atoms with van der Waals surface area (Å²) in [7, 11) is 0. The van der Waals surface area contributed by atoms with E-state index in [1.54, 1.807) is 17.0 Å². The Morgan fingerprint density at radius 3 is 2.34 bits per heavy atom. The zero-order valence-electron chi connectivity index (χ0n) is 17.1. The molecule has 0 bridgehead atoms. The van der Waals surface area contributed by atoms with Gasteiger partial charge in [-0.2, -0.15) is 13.2 Å². The number of alkyl halides is 3. The van der Waals surface area contributed by atoms with Gasteiger partial charge in [-0.05, 0) is 63.5 Å². The van der Waals surface area contributed by atoms with Crippen LogP contribution < -0.4 is 9.47 Å². The Bertz CT molecular complexity index is 721. The number of benzene rings is 1. The van der Waals surface area contributed by atoms with E-state index in [9.17, 15) is 18.0 Å². The number of likely N-dealkylation sites (tertiary alicyclic amines) is 1. The zero-order valence-corrected chi connectivity index (χ0v) is 17.1. The molecule has 8 heteroatoms. The molecule has 1 aromatic carbocycles. The van der Waals surface area contributed by atoms with Crippen molar-refractivity contribution in [2.45, 2.75) is 51.8 Å². The fraction of sp³-hybridized carbons (Fsp3) is 0.667. The normalized spacial score (nSPS) is 21.0. The predicted octanol–water partition coefficient (Wildman–Crippen LogP) is 5.04. The molecule has 1 amide bonds. The molecule has 1 aromatic rings. The summed E-state index contributed by atoms with van der Waals surface area (Å²) < 4.78 is 52.8. The van der Waals surface area contributed by atoms with Gasteiger partial charge >= 0.3 is 12.3 Å². The summed E-state index contributed by atoms with van der Waals surface area (Å²) in [6, 6.07) is 6.28. The second kappa shape index (κ2) is 7.95. The van der Waals surface area contributed by atoms with Gasteiger partial charge < -0.3 is 19.1 Å². The Morgan fingerprint density at radius 2 is 1.76 bits per heavy atom. The average molecular weight is 415 g/mol. The van der Waals surface area contributed by atoms with Crippen LogP contribution >= 0.6 is 0 Å². The highest BCUT2D eigenvalue weighted by molar-refractivity contribution is 5.68. The molecule has 0 aromatic heterocycles. The van der Waals surface area contributed by atoms with E-state index < -0.39 is 18.4 Å². The van der Waals surface area contributed by atoms with Gasteiger partial charge in [0.2, 0.25) is 0 Å². The Balaban J connectivity index is 1.44. The lowest BCUT2D eigenvalue weighted by molar-refractivity contribution is -0.153. The van der Waals surface area contributed by atoms with Crippen molar-refractivity contribution in [3.05, 3.63) is 24.3 Å². The summed E-state index contributed by atoms with van der Waals surface area (Å²) >= 11 is 0. The maximum atomic E-state index is 12.3. The number of rotatable bonds is 5. The van der Waals surface area contributed by atoms with Crippen LogP contribution in [0.2, 0.25) is 0 Å². The Labute approximate surface area is 169 Å². The van der Waals surface area contributed by atoms with Gasteiger partial charge in [0, 0.05) is 19.2 Å². The molecule has 29 heavy (non-hydrogen) atoms. The summed E-state index contributed by atoms with van der Waals surface area (Å²) in [5, 5.41) is 0. The summed E-state index contributed by atoms with van der Waals surface area (Å²) in [5.74, 6) is 1.02. The van der Waals surface area contributed by atoms with E-state index in [0.29, 0.717) is 31.4 Å². The molecule has 1 spiro atoms. The van der Waals surface area contributed by atoms with E-state index in [4.69, 9.17) is 14.2 Å². The van der Waals surface area contributed by atoms with Crippen LogP contribution in [0.1, 0.15) is 40.0 Å². The topological polar surface area (TPSA) is 48.0 Å². The third kappa shape index (κ3) is 6.18. The van der Waals surface area contributed by atoms with Crippen molar-refractivity contribution in [3.63, 3.8) is 0 Å². The maximum Gasteiger partial charge on any atom is 0.422 e. The average Bonchev–Trinajstić information content (AvgIpc) is 3.29. The van der Waals surface area contributed by atoms with Crippen LogP contribution in [0.15, 0.2) is 24.3 Å². The van der Waals surface area contributed by atoms with Gasteiger partial charge in [-0.3, -0.25) is 0 Å². The molecule has 2 aliphatic rings. The van der Waals surface area contributed by atoms with E-state index in [2.05, 4.69) is 0 Å². The Hall–Kier alpha value is -2.12.